The topological polar surface area (TPSA) is 91.2 Å². The highest BCUT2D eigenvalue weighted by atomic mass is 19.1. The van der Waals surface area contributed by atoms with Crippen LogP contribution in [-0.4, -0.2) is 37.5 Å². The first-order valence-electron chi connectivity index (χ1n) is 8.68. The van der Waals surface area contributed by atoms with Gasteiger partial charge in [-0.3, -0.25) is 4.98 Å². The monoisotopic (exact) mass is 354 g/mol. The molecule has 26 heavy (non-hydrogen) atoms. The van der Waals surface area contributed by atoms with Gasteiger partial charge in [0.1, 0.15) is 17.3 Å². The summed E-state index contributed by atoms with van der Waals surface area (Å²) in [5.41, 5.74) is 0.237. The minimum absolute atomic E-state index is 0.00208. The molecular weight excluding hydrogens is 335 g/mol. The van der Waals surface area contributed by atoms with Gasteiger partial charge in [0.25, 0.3) is 0 Å². The SMILES string of the molecule is Oc1cccc(F)c1-c1nnc(N[C@@H]2CCCC[C@@H]2O)c2ccncc12. The Kier molecular flexibility index (Phi) is 4.38. The first kappa shape index (κ1) is 16.7. The zero-order valence-electron chi connectivity index (χ0n) is 14.1. The number of fused-ring (bicyclic) bond motifs is 1. The molecule has 1 aliphatic carbocycles. The summed E-state index contributed by atoms with van der Waals surface area (Å²) in [6.07, 6.45) is 6.43. The third kappa shape index (κ3) is 2.94. The summed E-state index contributed by atoms with van der Waals surface area (Å²) in [5, 5.41) is 33.2. The molecular formula is C19H19FN4O2. The van der Waals surface area contributed by atoms with E-state index in [-0.39, 0.29) is 23.0 Å². The molecule has 0 bridgehead atoms. The number of aromatic nitrogens is 3. The van der Waals surface area contributed by atoms with Crippen LogP contribution in [-0.2, 0) is 0 Å². The molecule has 0 spiro atoms. The molecule has 1 aliphatic rings. The van der Waals surface area contributed by atoms with E-state index in [1.807, 2.05) is 0 Å². The summed E-state index contributed by atoms with van der Waals surface area (Å²) >= 11 is 0. The number of hydrogen-bond donors (Lipinski definition) is 3. The zero-order chi connectivity index (χ0) is 18.1. The van der Waals surface area contributed by atoms with Crippen LogP contribution in [0.25, 0.3) is 22.0 Å². The van der Waals surface area contributed by atoms with Crippen molar-refractivity contribution in [1.29, 1.82) is 0 Å². The average molecular weight is 354 g/mol. The van der Waals surface area contributed by atoms with Crippen molar-refractivity contribution in [1.82, 2.24) is 15.2 Å². The summed E-state index contributed by atoms with van der Waals surface area (Å²) in [5.74, 6) is -0.256. The quantitative estimate of drug-likeness (QED) is 0.669. The maximum Gasteiger partial charge on any atom is 0.157 e. The number of phenols is 1. The Morgan fingerprint density at radius 1 is 1.08 bits per heavy atom. The van der Waals surface area contributed by atoms with E-state index in [9.17, 15) is 14.6 Å². The summed E-state index contributed by atoms with van der Waals surface area (Å²) < 4.78 is 14.3. The fourth-order valence-corrected chi connectivity index (χ4v) is 3.49. The zero-order valence-corrected chi connectivity index (χ0v) is 14.1. The van der Waals surface area contributed by atoms with E-state index in [0.29, 0.717) is 16.6 Å². The number of aliphatic hydroxyl groups excluding tert-OH is 1. The Hall–Kier alpha value is -2.80. The Morgan fingerprint density at radius 3 is 2.73 bits per heavy atom. The van der Waals surface area contributed by atoms with Crippen molar-refractivity contribution in [3.63, 3.8) is 0 Å². The molecule has 1 fully saturated rings. The molecule has 2 atom stereocenters. The maximum absolute atomic E-state index is 14.3. The largest absolute Gasteiger partial charge is 0.507 e. The van der Waals surface area contributed by atoms with Gasteiger partial charge in [-0.2, -0.15) is 0 Å². The molecule has 2 heterocycles. The molecule has 1 aromatic carbocycles. The normalized spacial score (nSPS) is 20.2. The molecule has 6 nitrogen and oxygen atoms in total. The maximum atomic E-state index is 14.3. The van der Waals surface area contributed by atoms with Crippen LogP contribution < -0.4 is 5.32 Å². The van der Waals surface area contributed by atoms with Crippen LogP contribution in [0.2, 0.25) is 0 Å². The van der Waals surface area contributed by atoms with E-state index in [0.717, 1.165) is 25.7 Å². The van der Waals surface area contributed by atoms with Gasteiger partial charge in [0.15, 0.2) is 5.82 Å². The number of benzene rings is 1. The van der Waals surface area contributed by atoms with E-state index in [1.54, 1.807) is 18.5 Å². The van der Waals surface area contributed by atoms with Crippen LogP contribution in [0.4, 0.5) is 10.2 Å². The van der Waals surface area contributed by atoms with Gasteiger partial charge in [-0.25, -0.2) is 4.39 Å². The molecule has 4 rings (SSSR count). The lowest BCUT2D eigenvalue weighted by Crippen LogP contribution is -2.36. The molecule has 7 heteroatoms. The van der Waals surface area contributed by atoms with Crippen LogP contribution in [0.1, 0.15) is 25.7 Å². The number of nitrogens with one attached hydrogen (secondary N) is 1. The fraction of sp³-hybridized carbons (Fsp3) is 0.316. The smallest absolute Gasteiger partial charge is 0.157 e. The standard InChI is InChI=1S/C19H19FN4O2/c20-13-4-3-7-16(26)17(13)18-12-10-21-9-8-11(12)19(24-23-18)22-14-5-1-2-6-15(14)25/h3-4,7-10,14-15,25-26H,1-2,5-6H2,(H,22,24)/t14-,15+/m1/s1. The lowest BCUT2D eigenvalue weighted by molar-refractivity contribution is 0.116. The van der Waals surface area contributed by atoms with Crippen molar-refractivity contribution in [2.45, 2.75) is 37.8 Å². The first-order chi connectivity index (χ1) is 12.6. The van der Waals surface area contributed by atoms with E-state index in [4.69, 9.17) is 0 Å². The van der Waals surface area contributed by atoms with Gasteiger partial charge in [0.05, 0.1) is 17.7 Å². The van der Waals surface area contributed by atoms with E-state index in [1.165, 1.54) is 18.2 Å². The summed E-state index contributed by atoms with van der Waals surface area (Å²) in [6, 6.07) is 5.78. The number of anilines is 1. The van der Waals surface area contributed by atoms with Crippen LogP contribution in [0.15, 0.2) is 36.7 Å². The van der Waals surface area contributed by atoms with Gasteiger partial charge in [0, 0.05) is 23.2 Å². The molecule has 3 N–H and O–H groups in total. The number of nitrogens with zero attached hydrogens (tertiary/aromatic N) is 3. The summed E-state index contributed by atoms with van der Waals surface area (Å²) in [7, 11) is 0. The fourth-order valence-electron chi connectivity index (χ4n) is 3.49. The number of phenolic OH excluding ortho intramolecular Hbond substituents is 1. The number of rotatable bonds is 3. The second-order valence-electron chi connectivity index (χ2n) is 6.56. The predicted octanol–water partition coefficient (Wildman–Crippen LogP) is 3.25. The van der Waals surface area contributed by atoms with Crippen molar-refractivity contribution in [3.05, 3.63) is 42.5 Å². The number of hydrogen-bond acceptors (Lipinski definition) is 6. The van der Waals surface area contributed by atoms with Crippen molar-refractivity contribution in [2.24, 2.45) is 0 Å². The Morgan fingerprint density at radius 2 is 1.92 bits per heavy atom. The molecule has 0 amide bonds. The van der Waals surface area contributed by atoms with Crippen LogP contribution in [0, 0.1) is 5.82 Å². The van der Waals surface area contributed by atoms with E-state index < -0.39 is 11.9 Å². The van der Waals surface area contributed by atoms with Crippen LogP contribution in [0.3, 0.4) is 0 Å². The Balaban J connectivity index is 1.81. The van der Waals surface area contributed by atoms with Gasteiger partial charge in [-0.05, 0) is 31.0 Å². The van der Waals surface area contributed by atoms with Gasteiger partial charge in [0.2, 0.25) is 0 Å². The highest BCUT2D eigenvalue weighted by Crippen LogP contribution is 2.36. The van der Waals surface area contributed by atoms with Gasteiger partial charge >= 0.3 is 0 Å². The van der Waals surface area contributed by atoms with Crippen molar-refractivity contribution in [2.75, 3.05) is 5.32 Å². The van der Waals surface area contributed by atoms with Crippen molar-refractivity contribution < 1.29 is 14.6 Å². The minimum Gasteiger partial charge on any atom is -0.507 e. The molecule has 134 valence electrons. The van der Waals surface area contributed by atoms with E-state index in [2.05, 4.69) is 20.5 Å². The summed E-state index contributed by atoms with van der Waals surface area (Å²) in [4.78, 5) is 4.11. The van der Waals surface area contributed by atoms with Gasteiger partial charge in [-0.15, -0.1) is 10.2 Å². The number of aromatic hydroxyl groups is 1. The van der Waals surface area contributed by atoms with Crippen LogP contribution in [0.5, 0.6) is 5.75 Å². The number of halogens is 1. The predicted molar refractivity (Wildman–Crippen MR) is 96.3 cm³/mol. The molecule has 0 aliphatic heterocycles. The second-order valence-corrected chi connectivity index (χ2v) is 6.56. The average Bonchev–Trinajstić information content (AvgIpc) is 2.65. The molecule has 0 unspecified atom stereocenters. The molecule has 0 radical (unpaired) electrons. The minimum atomic E-state index is -0.576. The third-order valence-electron chi connectivity index (χ3n) is 4.86. The highest BCUT2D eigenvalue weighted by Gasteiger charge is 2.25. The lowest BCUT2D eigenvalue weighted by atomic mass is 9.92. The molecule has 1 saturated carbocycles. The van der Waals surface area contributed by atoms with Gasteiger partial charge < -0.3 is 15.5 Å². The summed E-state index contributed by atoms with van der Waals surface area (Å²) in [6.45, 7) is 0. The highest BCUT2D eigenvalue weighted by molar-refractivity contribution is 6.00. The van der Waals surface area contributed by atoms with Crippen molar-refractivity contribution >= 4 is 16.6 Å². The van der Waals surface area contributed by atoms with E-state index >= 15 is 0 Å². The van der Waals surface area contributed by atoms with Crippen LogP contribution >= 0.6 is 0 Å². The first-order valence-corrected chi connectivity index (χ1v) is 8.68. The molecule has 3 aromatic rings. The third-order valence-corrected chi connectivity index (χ3v) is 4.86. The van der Waals surface area contributed by atoms with Gasteiger partial charge in [-0.1, -0.05) is 18.9 Å². The molecule has 0 saturated heterocycles. The number of pyridine rings is 1. The molecule has 2 aromatic heterocycles. The Labute approximate surface area is 149 Å². The Bertz CT molecular complexity index is 930. The number of aliphatic hydroxyl groups is 1. The second kappa shape index (κ2) is 6.84. The lowest BCUT2D eigenvalue weighted by Gasteiger charge is -2.29. The van der Waals surface area contributed by atoms with Crippen molar-refractivity contribution in [3.8, 4) is 17.0 Å².